The van der Waals surface area contributed by atoms with Crippen LogP contribution in [0.4, 0.5) is 18.9 Å². The summed E-state index contributed by atoms with van der Waals surface area (Å²) in [7, 11) is 0. The Labute approximate surface area is 160 Å². The van der Waals surface area contributed by atoms with Crippen molar-refractivity contribution in [1.82, 2.24) is 0 Å². The van der Waals surface area contributed by atoms with Crippen molar-refractivity contribution in [2.75, 3.05) is 5.32 Å². The van der Waals surface area contributed by atoms with Crippen LogP contribution in [0.25, 0.3) is 6.08 Å². The third kappa shape index (κ3) is 5.35. The number of halogens is 4. The number of hydrogen-bond donors (Lipinski definition) is 1. The Kier molecular flexibility index (Phi) is 6.29. The van der Waals surface area contributed by atoms with Crippen molar-refractivity contribution < 1.29 is 18.0 Å². The number of amides is 1. The lowest BCUT2D eigenvalue weighted by molar-refractivity contribution is -0.137. The number of benzene rings is 2. The summed E-state index contributed by atoms with van der Waals surface area (Å²) in [5.41, 5.74) is 0.314. The minimum atomic E-state index is -4.57. The van der Waals surface area contributed by atoms with E-state index in [1.54, 1.807) is 18.2 Å². The number of nitrogens with one attached hydrogen (secondary N) is 1. The van der Waals surface area contributed by atoms with E-state index in [9.17, 15) is 23.2 Å². The molecule has 0 saturated carbocycles. The molecule has 140 valence electrons. The molecule has 7 heteroatoms. The van der Waals surface area contributed by atoms with Crippen LogP contribution in [0.5, 0.6) is 0 Å². The summed E-state index contributed by atoms with van der Waals surface area (Å²) in [6, 6.07) is 11.6. The van der Waals surface area contributed by atoms with Gasteiger partial charge in [-0.2, -0.15) is 18.4 Å². The van der Waals surface area contributed by atoms with Crippen molar-refractivity contribution in [3.63, 3.8) is 0 Å². The number of hydrogen-bond acceptors (Lipinski definition) is 2. The minimum absolute atomic E-state index is 0.0603. The molecule has 0 aromatic heterocycles. The Morgan fingerprint density at radius 2 is 1.81 bits per heavy atom. The van der Waals surface area contributed by atoms with E-state index in [0.717, 1.165) is 23.8 Å². The van der Waals surface area contributed by atoms with Crippen molar-refractivity contribution in [1.29, 1.82) is 5.26 Å². The summed E-state index contributed by atoms with van der Waals surface area (Å²) < 4.78 is 38.5. The summed E-state index contributed by atoms with van der Waals surface area (Å²) >= 11 is 5.86. The highest BCUT2D eigenvalue weighted by atomic mass is 35.5. The molecule has 0 bridgehead atoms. The molecule has 1 amide bonds. The number of nitrogens with zero attached hydrogens (tertiary/aromatic N) is 1. The Bertz CT molecular complexity index is 910. The van der Waals surface area contributed by atoms with E-state index in [-0.39, 0.29) is 16.3 Å². The lowest BCUT2D eigenvalue weighted by Crippen LogP contribution is -2.15. The van der Waals surface area contributed by atoms with Crippen LogP contribution in [0.2, 0.25) is 5.02 Å². The van der Waals surface area contributed by atoms with Gasteiger partial charge in [0.2, 0.25) is 0 Å². The maximum Gasteiger partial charge on any atom is 0.416 e. The van der Waals surface area contributed by atoms with Crippen molar-refractivity contribution in [3.8, 4) is 6.07 Å². The van der Waals surface area contributed by atoms with Gasteiger partial charge < -0.3 is 5.32 Å². The second-order valence-electron chi connectivity index (χ2n) is 6.14. The second-order valence-corrected chi connectivity index (χ2v) is 6.54. The Balaban J connectivity index is 2.26. The number of alkyl halides is 3. The highest BCUT2D eigenvalue weighted by molar-refractivity contribution is 6.34. The van der Waals surface area contributed by atoms with Gasteiger partial charge in [-0.05, 0) is 41.3 Å². The van der Waals surface area contributed by atoms with Crippen molar-refractivity contribution in [2.45, 2.75) is 25.9 Å². The van der Waals surface area contributed by atoms with Gasteiger partial charge in [0.1, 0.15) is 11.6 Å². The molecule has 0 heterocycles. The van der Waals surface area contributed by atoms with Gasteiger partial charge >= 0.3 is 6.18 Å². The smallest absolute Gasteiger partial charge is 0.320 e. The molecule has 2 aromatic carbocycles. The Morgan fingerprint density at radius 1 is 1.19 bits per heavy atom. The third-order valence-electron chi connectivity index (χ3n) is 3.82. The largest absolute Gasteiger partial charge is 0.416 e. The molecule has 2 rings (SSSR count). The molecule has 0 fully saturated rings. The molecule has 0 aliphatic heterocycles. The normalized spacial score (nSPS) is 12.0. The fourth-order valence-electron chi connectivity index (χ4n) is 2.28. The van der Waals surface area contributed by atoms with Gasteiger partial charge in [0, 0.05) is 0 Å². The summed E-state index contributed by atoms with van der Waals surface area (Å²) in [4.78, 5) is 12.3. The molecule has 0 atom stereocenters. The highest BCUT2D eigenvalue weighted by Crippen LogP contribution is 2.34. The predicted octanol–water partition coefficient (Wildman–Crippen LogP) is 6.03. The van der Waals surface area contributed by atoms with Crippen LogP contribution >= 0.6 is 11.6 Å². The molecule has 0 aliphatic carbocycles. The summed E-state index contributed by atoms with van der Waals surface area (Å²) in [6.45, 7) is 4.08. The zero-order valence-electron chi connectivity index (χ0n) is 14.6. The predicted molar refractivity (Wildman–Crippen MR) is 99.2 cm³/mol. The van der Waals surface area contributed by atoms with Crippen molar-refractivity contribution in [3.05, 3.63) is 69.8 Å². The first-order chi connectivity index (χ1) is 12.6. The van der Waals surface area contributed by atoms with Crippen LogP contribution in [-0.2, 0) is 11.0 Å². The molecule has 0 spiro atoms. The van der Waals surface area contributed by atoms with Crippen LogP contribution < -0.4 is 5.32 Å². The van der Waals surface area contributed by atoms with E-state index in [2.05, 4.69) is 5.32 Å². The standard InChI is InChI=1S/C20H16ClF3N2O/c1-12(2)14-5-3-13(4-6-14)9-15(11-25)19(27)26-18-10-16(20(22,23)24)7-8-17(18)21/h3-10,12H,1-2H3,(H,26,27)/b15-9+. The monoisotopic (exact) mass is 392 g/mol. The number of carbonyl (C=O) groups is 1. The summed E-state index contributed by atoms with van der Waals surface area (Å²) in [5.74, 6) is -0.503. The van der Waals surface area contributed by atoms with E-state index in [4.69, 9.17) is 11.6 Å². The second kappa shape index (κ2) is 8.28. The maximum absolute atomic E-state index is 12.8. The zero-order chi connectivity index (χ0) is 20.2. The molecular formula is C20H16ClF3N2O. The highest BCUT2D eigenvalue weighted by Gasteiger charge is 2.31. The van der Waals surface area contributed by atoms with E-state index >= 15 is 0 Å². The molecule has 0 aliphatic rings. The first kappa shape index (κ1) is 20.5. The van der Waals surface area contributed by atoms with Crippen LogP contribution in [0, 0.1) is 11.3 Å². The molecule has 0 unspecified atom stereocenters. The number of carbonyl (C=O) groups excluding carboxylic acids is 1. The molecule has 0 saturated heterocycles. The molecule has 3 nitrogen and oxygen atoms in total. The van der Waals surface area contributed by atoms with Crippen molar-refractivity contribution >= 4 is 29.3 Å². The summed E-state index contributed by atoms with van der Waals surface area (Å²) in [6.07, 6.45) is -3.21. The van der Waals surface area contributed by atoms with E-state index in [0.29, 0.717) is 11.5 Å². The molecule has 0 radical (unpaired) electrons. The number of nitriles is 1. The van der Waals surface area contributed by atoms with E-state index < -0.39 is 17.6 Å². The van der Waals surface area contributed by atoms with E-state index in [1.807, 2.05) is 26.0 Å². The van der Waals surface area contributed by atoms with Gasteiger partial charge in [-0.15, -0.1) is 0 Å². The minimum Gasteiger partial charge on any atom is -0.320 e. The average molecular weight is 393 g/mol. The van der Waals surface area contributed by atoms with Crippen LogP contribution in [0.3, 0.4) is 0 Å². The lowest BCUT2D eigenvalue weighted by Gasteiger charge is -2.11. The van der Waals surface area contributed by atoms with Gasteiger partial charge in [-0.25, -0.2) is 0 Å². The van der Waals surface area contributed by atoms with Crippen LogP contribution in [-0.4, -0.2) is 5.91 Å². The van der Waals surface area contributed by atoms with E-state index in [1.165, 1.54) is 6.08 Å². The first-order valence-electron chi connectivity index (χ1n) is 8.01. The lowest BCUT2D eigenvalue weighted by atomic mass is 10.0. The topological polar surface area (TPSA) is 52.9 Å². The first-order valence-corrected chi connectivity index (χ1v) is 8.39. The number of anilines is 1. The fraction of sp³-hybridized carbons (Fsp3) is 0.200. The van der Waals surface area contributed by atoms with Crippen LogP contribution in [0.15, 0.2) is 48.0 Å². The number of rotatable bonds is 4. The SMILES string of the molecule is CC(C)c1ccc(/C=C(\C#N)C(=O)Nc2cc(C(F)(F)F)ccc2Cl)cc1. The average Bonchev–Trinajstić information content (AvgIpc) is 2.60. The maximum atomic E-state index is 12.8. The van der Waals surface area contributed by atoms with Crippen LogP contribution in [0.1, 0.15) is 36.5 Å². The zero-order valence-corrected chi connectivity index (χ0v) is 15.3. The molecule has 27 heavy (non-hydrogen) atoms. The summed E-state index contributed by atoms with van der Waals surface area (Å²) in [5, 5.41) is 11.4. The van der Waals surface area contributed by atoms with Gasteiger partial charge in [-0.3, -0.25) is 4.79 Å². The van der Waals surface area contributed by atoms with Gasteiger partial charge in [0.15, 0.2) is 0 Å². The molecule has 1 N–H and O–H groups in total. The van der Waals surface area contributed by atoms with Gasteiger partial charge in [0.05, 0.1) is 16.3 Å². The fourth-order valence-corrected chi connectivity index (χ4v) is 2.44. The van der Waals surface area contributed by atoms with Gasteiger partial charge in [0.25, 0.3) is 5.91 Å². The molecular weight excluding hydrogens is 377 g/mol. The Morgan fingerprint density at radius 3 is 2.33 bits per heavy atom. The quantitative estimate of drug-likeness (QED) is 0.510. The molecule has 2 aromatic rings. The van der Waals surface area contributed by atoms with Crippen molar-refractivity contribution in [2.24, 2.45) is 0 Å². The van der Waals surface area contributed by atoms with Gasteiger partial charge in [-0.1, -0.05) is 49.7 Å². The Hall–Kier alpha value is -2.78. The third-order valence-corrected chi connectivity index (χ3v) is 4.15.